The van der Waals surface area contributed by atoms with Crippen LogP contribution in [0.5, 0.6) is 17.2 Å². The average Bonchev–Trinajstić information content (AvgIpc) is 1.51. The summed E-state index contributed by atoms with van der Waals surface area (Å²) in [5.74, 6) is -8.08. The van der Waals surface area contributed by atoms with Gasteiger partial charge in [-0.05, 0) is 35.4 Å². The molecule has 4 fully saturated rings. The van der Waals surface area contributed by atoms with Crippen molar-refractivity contribution in [1.29, 1.82) is 0 Å². The third-order valence-electron chi connectivity index (χ3n) is 18.9. The van der Waals surface area contributed by atoms with Crippen molar-refractivity contribution < 1.29 is 133 Å². The Hall–Kier alpha value is -8.78. The highest BCUT2D eigenvalue weighted by Crippen LogP contribution is 2.37. The van der Waals surface area contributed by atoms with Crippen LogP contribution in [0.4, 0.5) is 0 Å². The number of nitrogens with one attached hydrogen (secondary N) is 8. The Morgan fingerprint density at radius 2 is 1.13 bits per heavy atom. The summed E-state index contributed by atoms with van der Waals surface area (Å²) in [7, 11) is 1.49. The minimum atomic E-state index is -2.34. The number of benzene rings is 4. The van der Waals surface area contributed by atoms with Crippen molar-refractivity contribution in [1.82, 2.24) is 42.5 Å². The number of amides is 6. The molecular formula is C65H87N12O26+. The van der Waals surface area contributed by atoms with Crippen molar-refractivity contribution in [2.75, 3.05) is 53.2 Å². The molecule has 10 rings (SSSR count). The zero-order valence-corrected chi connectivity index (χ0v) is 55.4. The summed E-state index contributed by atoms with van der Waals surface area (Å²) in [5.41, 5.74) is 12.9. The number of carbonyl (C=O) groups excluding carboxylic acids is 6. The maximum atomic E-state index is 15.2. The van der Waals surface area contributed by atoms with Crippen LogP contribution < -0.4 is 68.2 Å². The largest absolute Gasteiger partial charge is 0.496 e. The molecule has 0 radical (unpaired) electrons. The van der Waals surface area contributed by atoms with Gasteiger partial charge >= 0.3 is 5.96 Å². The molecule has 6 aliphatic rings. The molecular weight excluding hydrogens is 1360 g/mol. The third-order valence-corrected chi connectivity index (χ3v) is 18.9. The summed E-state index contributed by atoms with van der Waals surface area (Å²) in [4.78, 5) is 91.8. The first-order valence-electron chi connectivity index (χ1n) is 33.0. The number of methoxy groups -OCH3 is 1. The van der Waals surface area contributed by atoms with E-state index in [1.165, 1.54) is 31.4 Å². The van der Waals surface area contributed by atoms with Crippen molar-refractivity contribution in [3.8, 4) is 17.2 Å². The predicted octanol–water partition coefficient (Wildman–Crippen LogP) is -11.1. The van der Waals surface area contributed by atoms with Gasteiger partial charge in [-0.3, -0.25) is 39.8 Å². The van der Waals surface area contributed by atoms with Crippen molar-refractivity contribution >= 4 is 58.1 Å². The summed E-state index contributed by atoms with van der Waals surface area (Å²) >= 11 is 0. The van der Waals surface area contributed by atoms with Gasteiger partial charge in [-0.1, -0.05) is 73.7 Å². The standard InChI is InChI=1S/C65H86N12O26/c1-26(28-8-4-3-5-9-28)42-58(94)71-32(18-27-12-14-29(15-13-27)98-62-52(90)50(88)55(40(25-81)101-62)103-63-53(91)49(87)54(39(24-80)102-63)99-37-17-16-36(97-2)30-10-6-7-11-31(30)37)57(93)75-43(45(83)33-19-69-64(66)73-33)60(96)76-44(59(95)72-34(22-78)56(92)68-21-41(82)74-42)46(84)35-20-70-65(67)77(35)61-51(89)48(86)47(85)38(23-79)100-61/h3-17,26,32-35,38-40,42-55,61-63,78-81,83-91H,18-25H2,1-2H3,(H11,66,67,68,69,70,71,72,73,74,75,76,82,92,93,94,95,96)/p+1/t26-,32-,33+,34?,35+,38+,39+,40-,42-,43+,44-,45-,46-,47+,48+,49-,50+,51+,52-,53+,54+,55+,61-,62-,63+/m1/s1. The number of hydrogen-bond donors (Lipinski definition) is 23. The number of ether oxygens (including phenoxy) is 7. The number of nitrogens with two attached hydrogens (primary N) is 2. The van der Waals surface area contributed by atoms with E-state index >= 15 is 9.59 Å². The molecule has 0 saturated carbocycles. The number of aliphatic hydroxyl groups is 13. The van der Waals surface area contributed by atoms with E-state index in [4.69, 9.17) is 44.6 Å². The highest BCUT2D eigenvalue weighted by molar-refractivity contribution is 5.99. The Labute approximate surface area is 586 Å². The number of guanidine groups is 2. The third kappa shape index (κ3) is 16.9. The maximum Gasteiger partial charge on any atom is 0.346 e. The van der Waals surface area contributed by atoms with Crippen LogP contribution in [0.2, 0.25) is 0 Å². The highest BCUT2D eigenvalue weighted by Gasteiger charge is 2.55. The first kappa shape index (κ1) is 76.8. The lowest BCUT2D eigenvalue weighted by Gasteiger charge is -2.46. The van der Waals surface area contributed by atoms with Crippen LogP contribution in [0.15, 0.2) is 96.0 Å². The molecule has 25 atom stereocenters. The van der Waals surface area contributed by atoms with E-state index in [1.807, 2.05) is 0 Å². The van der Waals surface area contributed by atoms with E-state index in [9.17, 15) is 85.6 Å². The number of carbonyl (C=O) groups is 6. The molecule has 6 amide bonds. The molecule has 25 N–H and O–H groups in total. The van der Waals surface area contributed by atoms with E-state index in [2.05, 4.69) is 47.5 Å². The monoisotopic (exact) mass is 1450 g/mol. The lowest BCUT2D eigenvalue weighted by molar-refractivity contribution is -0.663. The Kier molecular flexibility index (Phi) is 25.2. The van der Waals surface area contributed by atoms with Gasteiger partial charge in [-0.2, -0.15) is 0 Å². The molecule has 0 bridgehead atoms. The lowest BCUT2D eigenvalue weighted by Crippen LogP contribution is -2.68. The highest BCUT2D eigenvalue weighted by atomic mass is 16.7. The quantitative estimate of drug-likeness (QED) is 0.0365. The van der Waals surface area contributed by atoms with Gasteiger partial charge in [0.2, 0.25) is 48.0 Å². The fraction of sp³-hybridized carbons (Fsp3) is 0.538. The van der Waals surface area contributed by atoms with E-state index in [1.54, 1.807) is 73.7 Å². The van der Waals surface area contributed by atoms with Gasteiger partial charge in [-0.15, -0.1) is 0 Å². The second kappa shape index (κ2) is 33.8. The molecule has 0 spiro atoms. The molecule has 1 unspecified atom stereocenters. The number of rotatable bonds is 20. The zero-order valence-electron chi connectivity index (χ0n) is 55.4. The van der Waals surface area contributed by atoms with Crippen LogP contribution in [-0.4, -0.2) is 318 Å². The zero-order chi connectivity index (χ0) is 74.2. The second-order valence-electron chi connectivity index (χ2n) is 25.5. The van der Waals surface area contributed by atoms with Gasteiger partial charge in [0, 0.05) is 29.7 Å². The van der Waals surface area contributed by atoms with Gasteiger partial charge in [0.25, 0.3) is 0 Å². The van der Waals surface area contributed by atoms with E-state index < -0.39 is 234 Å². The van der Waals surface area contributed by atoms with Crippen molar-refractivity contribution in [3.63, 3.8) is 0 Å². The summed E-state index contributed by atoms with van der Waals surface area (Å²) < 4.78 is 42.0. The first-order chi connectivity index (χ1) is 49.3. The van der Waals surface area contributed by atoms with Gasteiger partial charge in [-0.25, -0.2) is 9.57 Å². The number of fused-ring (bicyclic) bond motifs is 1. The minimum Gasteiger partial charge on any atom is -0.496 e. The molecule has 562 valence electrons. The minimum absolute atomic E-state index is 0.0716. The number of nitrogens with zero attached hydrogens (tertiary/aromatic N) is 2. The first-order valence-corrected chi connectivity index (χ1v) is 33.0. The van der Waals surface area contributed by atoms with Gasteiger partial charge < -0.3 is 142 Å². The van der Waals surface area contributed by atoms with Crippen LogP contribution in [0.3, 0.4) is 0 Å². The summed E-state index contributed by atoms with van der Waals surface area (Å²) in [5, 5.41) is 166. The molecule has 38 heteroatoms. The average molecular weight is 1450 g/mol. The molecule has 0 aromatic heterocycles. The van der Waals surface area contributed by atoms with E-state index in [0.29, 0.717) is 22.1 Å². The smallest absolute Gasteiger partial charge is 0.346 e. The van der Waals surface area contributed by atoms with E-state index in [0.717, 1.165) is 4.58 Å². The van der Waals surface area contributed by atoms with Crippen molar-refractivity contribution in [3.05, 3.63) is 102 Å². The number of hydrogen-bond acceptors (Lipinski definition) is 31. The molecule has 4 saturated heterocycles. The SMILES string of the molecule is COc1ccc(O[C@@H]2[C@H](O)[C@H](O)[C@H](O[C@@H]3[C@@H](O)[C@@H](O)[C@H](Oc4ccc(C[C@H]5NC(=O)[C@@H]([C@H](C)c6ccccc6)NC(=O)CNC(=O)C(CO)NC(=O)[C@@H]([C@H](O)[C@@H]6CNC(N)=[N+]6[C@@H]6O[C@@H](CO)[C@H](O)[C@H](O)[C@@H]6O)NC(=O)[C@H]([C@H](O)[C@@H]6CNC(N)=N6)NC5=O)cc4)O[C@@H]3CO)O[C@H]2CO)c2ccccc12. The summed E-state index contributed by atoms with van der Waals surface area (Å²) in [6, 6.07) is 11.1. The molecule has 103 heavy (non-hydrogen) atoms. The maximum absolute atomic E-state index is 15.2. The van der Waals surface area contributed by atoms with Crippen LogP contribution in [0.1, 0.15) is 24.0 Å². The summed E-state index contributed by atoms with van der Waals surface area (Å²) in [6.45, 7) is -3.72. The van der Waals surface area contributed by atoms with Crippen LogP contribution >= 0.6 is 0 Å². The van der Waals surface area contributed by atoms with Crippen molar-refractivity contribution in [2.45, 2.75) is 166 Å². The van der Waals surface area contributed by atoms with E-state index in [-0.39, 0.29) is 35.5 Å². The summed E-state index contributed by atoms with van der Waals surface area (Å²) in [6.07, 6.45) is -31.2. The molecule has 6 heterocycles. The van der Waals surface area contributed by atoms with Crippen molar-refractivity contribution in [2.24, 2.45) is 16.5 Å². The molecule has 0 aliphatic carbocycles. The number of aliphatic hydroxyl groups excluding tert-OH is 13. The molecule has 4 aromatic rings. The molecule has 6 aliphatic heterocycles. The topological polar surface area (TPSA) is 594 Å². The normalized spacial score (nSPS) is 34.5. The van der Waals surface area contributed by atoms with Crippen LogP contribution in [-0.2, 0) is 54.1 Å². The van der Waals surface area contributed by atoms with Gasteiger partial charge in [0.15, 0.2) is 18.4 Å². The van der Waals surface area contributed by atoms with Crippen LogP contribution in [0.25, 0.3) is 10.8 Å². The fourth-order valence-corrected chi connectivity index (χ4v) is 13.1. The fourth-order valence-electron chi connectivity index (χ4n) is 13.1. The Morgan fingerprint density at radius 1 is 0.544 bits per heavy atom. The Balaban J connectivity index is 0.908. The predicted molar refractivity (Wildman–Crippen MR) is 351 cm³/mol. The van der Waals surface area contributed by atoms with Gasteiger partial charge in [0.05, 0.1) is 46.1 Å². The lowest BCUT2D eigenvalue weighted by atomic mass is 9.92. The molecule has 4 aromatic carbocycles. The van der Waals surface area contributed by atoms with Gasteiger partial charge in [0.1, 0.15) is 139 Å². The number of aliphatic imine (C=N–C) groups is 1. The van der Waals surface area contributed by atoms with Crippen LogP contribution in [0, 0.1) is 0 Å². The molecule has 38 nitrogen and oxygen atoms in total. The Bertz CT molecular complexity index is 3700. The second-order valence-corrected chi connectivity index (χ2v) is 25.5. The Morgan fingerprint density at radius 3 is 1.78 bits per heavy atom.